The number of ether oxygens (including phenoxy) is 3. The number of nitrogen functional groups attached to an aromatic ring is 3. The minimum absolute atomic E-state index is 0.00282. The maximum atomic E-state index is 13.5. The molecule has 10 rings (SSSR count). The van der Waals surface area contributed by atoms with Crippen molar-refractivity contribution in [3.05, 3.63) is 67.8 Å². The number of carboxylic acid groups (broad SMARTS) is 3. The van der Waals surface area contributed by atoms with E-state index < -0.39 is 207 Å². The second-order valence-corrected chi connectivity index (χ2v) is 38.6. The summed E-state index contributed by atoms with van der Waals surface area (Å²) in [7, 11) is -25.1. The molecule has 43 nitrogen and oxygen atoms in total. The molecule has 3 saturated heterocycles. The van der Waals surface area contributed by atoms with Crippen molar-refractivity contribution >= 4 is 131 Å². The second kappa shape index (κ2) is 30.7. The Morgan fingerprint density at radius 3 is 1.03 bits per heavy atom. The van der Waals surface area contributed by atoms with Crippen LogP contribution < -0.4 is 34.4 Å². The third-order valence-corrected chi connectivity index (χ3v) is 30.9. The van der Waals surface area contributed by atoms with Crippen molar-refractivity contribution in [2.45, 2.75) is 123 Å². The van der Waals surface area contributed by atoms with E-state index in [9.17, 15) is 85.6 Å². The fraction of sp³-hybridized carbons (Fsp3) is 0.538. The number of fused-ring (bicyclic) bond motifs is 3. The lowest BCUT2D eigenvalue weighted by Gasteiger charge is -2.38. The summed E-state index contributed by atoms with van der Waals surface area (Å²) >= 11 is 0. The van der Waals surface area contributed by atoms with Gasteiger partial charge in [0.15, 0.2) is 53.1 Å². The molecule has 0 aliphatic carbocycles. The number of anilines is 3. The van der Waals surface area contributed by atoms with E-state index in [0.29, 0.717) is 0 Å². The van der Waals surface area contributed by atoms with Crippen LogP contribution in [0.2, 0.25) is 0 Å². The van der Waals surface area contributed by atoms with Gasteiger partial charge in [0.25, 0.3) is 0 Å². The predicted molar refractivity (Wildman–Crippen MR) is 358 cm³/mol. The Balaban J connectivity index is 0.000000266. The minimum Gasteiger partial charge on any atom is -0.480 e. The SMILES string of the molecule is CS(CC[C@H](N)C(=O)O)(C[C@H]1O[C@@H](n2cnc3c(N)ncnc32)[C@H](O)[C@@H]1O)OS(=O)(=O)OS(=O)(=O)OS(C)(CC[C@H](N)C(=O)O)C[C@H]1O[C@@H](n2cnc3c(N)ncnc32)[C@H](O)[C@@H]1O.Cc1ccc(S(=O)(=O)OS(C)(CC[C@H](N)C(=O)O)C[C@H]2O[C@@H](n3cnc4c(N)ncnc43)[C@H](O)[C@@H]2O)cc1. The lowest BCUT2D eigenvalue weighted by atomic mass is 10.1. The topological polar surface area (TPSA) is 687 Å². The van der Waals surface area contributed by atoms with Crippen LogP contribution in [-0.2, 0) is 74.0 Å². The standard InChI is InChI=1S/C30H46N12O17S4.C22H30N6O8S2/c1-60(5-3-13(31)29(47)48,7-15-19(43)21(45)27(55-15)41-11-39-17-23(33)35-9-37-25(17)41)57-62(51,52)59-63(53,54)58-61(2,6-4-14(32)30(49)50)8-16-20(44)22(46)28(56-16)42-12-40-18-24(34)36-10-38-26(18)42;1-12-3-5-13(6-4-12)38(33,34)36-37(2,8-7-14(23)22(31)32)9-15-17(29)18(30)21(35-15)28-11-27-16-19(24)25-10-26-20(16)28/h9-16,19-22,27-28,43-46H,3-8,31-32H2,1-2H3,(H,47,48)(H,49,50)(H2,33,35,37)(H2,34,36,38);3-6,10-11,14-15,17-18,21,29-30H,7-9,23H2,1-2H3,(H,31,32)(H2,24,25,26)/t13-,14-,15+,16+,19+,20+,21+,22+,27+,28+;14-,15+,17+,18+,21+/m00/s1. The number of rotatable bonds is 30. The van der Waals surface area contributed by atoms with Crippen molar-refractivity contribution in [2.75, 3.05) is 70.5 Å². The number of hydrogen-bond acceptors (Lipinski definition) is 37. The molecule has 21 N–H and O–H groups in total. The van der Waals surface area contributed by atoms with Crippen LogP contribution in [0.3, 0.4) is 0 Å². The van der Waals surface area contributed by atoms with E-state index in [0.717, 1.165) is 18.2 Å². The predicted octanol–water partition coefficient (Wildman–Crippen LogP) is -4.20. The molecule has 560 valence electrons. The minimum atomic E-state index is -5.72. The highest BCUT2D eigenvalue weighted by atomic mass is 32.4. The molecule has 0 saturated carbocycles. The van der Waals surface area contributed by atoms with Gasteiger partial charge in [0.05, 0.1) is 42.2 Å². The molecule has 49 heteroatoms. The number of hydrogen-bond donors (Lipinski definition) is 15. The maximum absolute atomic E-state index is 13.5. The molecule has 3 aliphatic rings. The molecule has 9 heterocycles. The van der Waals surface area contributed by atoms with Crippen LogP contribution >= 0.6 is 30.9 Å². The number of aliphatic carboxylic acids is 3. The Morgan fingerprint density at radius 1 is 0.455 bits per heavy atom. The van der Waals surface area contributed by atoms with E-state index in [1.54, 1.807) is 18.4 Å². The molecule has 3 unspecified atom stereocenters. The number of carbonyl (C=O) groups is 3. The van der Waals surface area contributed by atoms with E-state index >= 15 is 0 Å². The van der Waals surface area contributed by atoms with Gasteiger partial charge < -0.3 is 94.6 Å². The van der Waals surface area contributed by atoms with E-state index in [4.69, 9.17) is 59.5 Å². The highest BCUT2D eigenvalue weighted by Crippen LogP contribution is 2.55. The fourth-order valence-corrected chi connectivity index (χ4v) is 25.2. The number of aryl methyl sites for hydroxylation is 1. The summed E-state index contributed by atoms with van der Waals surface area (Å²) in [5.74, 6) is -6.30. The number of carboxylic acids is 3. The maximum Gasteiger partial charge on any atom is 0.425 e. The first-order chi connectivity index (χ1) is 47.1. The molecule has 7 aromatic rings. The average Bonchev–Trinajstić information content (AvgIpc) is 1.64. The van der Waals surface area contributed by atoms with Gasteiger partial charge in [0.1, 0.15) is 90.3 Å². The first kappa shape index (κ1) is 78.1. The largest absolute Gasteiger partial charge is 0.480 e. The summed E-state index contributed by atoms with van der Waals surface area (Å²) in [6.45, 7) is 1.81. The molecule has 0 spiro atoms. The van der Waals surface area contributed by atoms with Crippen molar-refractivity contribution in [1.82, 2.24) is 58.6 Å². The second-order valence-electron chi connectivity index (χ2n) is 24.1. The summed E-state index contributed by atoms with van der Waals surface area (Å²) in [5.41, 5.74) is 36.5. The van der Waals surface area contributed by atoms with Crippen molar-refractivity contribution in [1.29, 1.82) is 0 Å². The zero-order chi connectivity index (χ0) is 74.2. The van der Waals surface area contributed by atoms with E-state index in [-0.39, 0.29) is 73.8 Å². The van der Waals surface area contributed by atoms with Crippen LogP contribution in [0.4, 0.5) is 17.5 Å². The monoisotopic (exact) mass is 1540 g/mol. The van der Waals surface area contributed by atoms with Gasteiger partial charge in [-0.1, -0.05) is 21.3 Å². The molecule has 3 aliphatic heterocycles. The number of imidazole rings is 3. The zero-order valence-electron chi connectivity index (χ0n) is 53.6. The highest BCUT2D eigenvalue weighted by Gasteiger charge is 2.51. The molecule has 18 atom stereocenters. The van der Waals surface area contributed by atoms with Crippen molar-refractivity contribution in [3.63, 3.8) is 0 Å². The van der Waals surface area contributed by atoms with E-state index in [2.05, 4.69) is 48.5 Å². The summed E-state index contributed by atoms with van der Waals surface area (Å²) < 4.78 is 123. The lowest BCUT2D eigenvalue weighted by Crippen LogP contribution is -2.38. The molecule has 0 radical (unpaired) electrons. The molecule has 1 aromatic carbocycles. The van der Waals surface area contributed by atoms with Crippen LogP contribution in [0.1, 0.15) is 43.5 Å². The van der Waals surface area contributed by atoms with Gasteiger partial charge in [0.2, 0.25) is 0 Å². The Hall–Kier alpha value is -7.06. The molecule has 0 bridgehead atoms. The lowest BCUT2D eigenvalue weighted by molar-refractivity contribution is -0.139. The quantitative estimate of drug-likeness (QED) is 0.0203. The number of aliphatic hydroxyl groups is 6. The Labute approximate surface area is 578 Å². The number of aromatic nitrogens is 12. The van der Waals surface area contributed by atoms with Gasteiger partial charge in [-0.3, -0.25) is 28.1 Å². The van der Waals surface area contributed by atoms with Crippen molar-refractivity contribution in [3.8, 4) is 0 Å². The normalized spacial score (nSPS) is 27.1. The van der Waals surface area contributed by atoms with E-state index in [1.807, 2.05) is 6.92 Å². The third kappa shape index (κ3) is 17.9. The van der Waals surface area contributed by atoms with Crippen LogP contribution in [0.15, 0.2) is 67.1 Å². The zero-order valence-corrected chi connectivity index (χ0v) is 58.5. The number of nitrogens with two attached hydrogens (primary N) is 6. The molecule has 101 heavy (non-hydrogen) atoms. The van der Waals surface area contributed by atoms with Crippen LogP contribution in [-0.4, -0.2) is 274 Å². The molecule has 6 aromatic heterocycles. The first-order valence-corrected chi connectivity index (χ1v) is 40.8. The Bertz CT molecular complexity index is 4340. The van der Waals surface area contributed by atoms with Crippen LogP contribution in [0.5, 0.6) is 0 Å². The Kier molecular flexibility index (Phi) is 23.7. The van der Waals surface area contributed by atoms with Gasteiger partial charge in [-0.2, -0.15) is 32.5 Å². The molecule has 0 amide bonds. The van der Waals surface area contributed by atoms with Gasteiger partial charge >= 0.3 is 48.8 Å². The number of aliphatic hydroxyl groups excluding tert-OH is 6. The van der Waals surface area contributed by atoms with Crippen molar-refractivity contribution < 1.29 is 114 Å². The number of nitrogens with zero attached hydrogens (tertiary/aromatic N) is 12. The average molecular weight is 1550 g/mol. The van der Waals surface area contributed by atoms with Crippen LogP contribution in [0.25, 0.3) is 33.5 Å². The molecule has 3 fully saturated rings. The van der Waals surface area contributed by atoms with E-state index in [1.165, 1.54) is 63.7 Å². The summed E-state index contributed by atoms with van der Waals surface area (Å²) in [4.78, 5) is 70.6. The molecular formula is C52H76N18O25S6. The van der Waals surface area contributed by atoms with Gasteiger partial charge in [-0.25, -0.2) is 48.5 Å². The first-order valence-electron chi connectivity index (χ1n) is 29.8. The Morgan fingerprint density at radius 2 is 0.743 bits per heavy atom. The summed E-state index contributed by atoms with van der Waals surface area (Å²) in [5, 5.41) is 93.9. The third-order valence-electron chi connectivity index (χ3n) is 16.3. The smallest absolute Gasteiger partial charge is 0.425 e. The van der Waals surface area contributed by atoms with Crippen LogP contribution in [0, 0.1) is 6.92 Å². The highest BCUT2D eigenvalue weighted by molar-refractivity contribution is 8.33. The van der Waals surface area contributed by atoms with Gasteiger partial charge in [-0.15, -0.1) is 30.9 Å². The molecular weight excluding hydrogens is 1470 g/mol. The summed E-state index contributed by atoms with van der Waals surface area (Å²) in [6, 6.07) is 1.70. The number of benzene rings is 1. The fourth-order valence-electron chi connectivity index (χ4n) is 10.9. The van der Waals surface area contributed by atoms with Gasteiger partial charge in [-0.05, 0) is 57.1 Å². The summed E-state index contributed by atoms with van der Waals surface area (Å²) in [6.07, 6.45) is -7.37. The van der Waals surface area contributed by atoms with Crippen molar-refractivity contribution in [2.24, 2.45) is 17.2 Å². The van der Waals surface area contributed by atoms with Gasteiger partial charge in [0, 0.05) is 34.5 Å².